The lowest BCUT2D eigenvalue weighted by Gasteiger charge is -2.34. The lowest BCUT2D eigenvalue weighted by Crippen LogP contribution is -2.60. The van der Waals surface area contributed by atoms with Crippen molar-refractivity contribution in [2.45, 2.75) is 110 Å². The van der Waals surface area contributed by atoms with Gasteiger partial charge >= 0.3 is 0 Å². The molecule has 1 saturated carbocycles. The third kappa shape index (κ3) is 9.50. The second-order valence-electron chi connectivity index (χ2n) is 13.1. The smallest absolute Gasteiger partial charge is 0.289 e. The van der Waals surface area contributed by atoms with E-state index in [2.05, 4.69) is 31.2 Å². The highest BCUT2D eigenvalue weighted by Crippen LogP contribution is 2.42. The Morgan fingerprint density at radius 2 is 1.60 bits per heavy atom. The number of carbonyl (C=O) groups is 6. The Morgan fingerprint density at radius 3 is 2.17 bits per heavy atom. The SMILES string of the molecule is CC[C@H](C)NC(=O)C(=O)C(CC(F)F)NC(=O)C1[C@H]2CCC[C@H]2CN1C(=O)C(NC(=O)[C@H](NC(=O)c1cnccn1)C(C)C)C(C)C. The van der Waals surface area contributed by atoms with E-state index in [1.165, 1.54) is 23.5 Å². The molecule has 15 heteroatoms. The van der Waals surface area contributed by atoms with Crippen molar-refractivity contribution in [3.8, 4) is 0 Å². The highest BCUT2D eigenvalue weighted by Gasteiger charge is 2.51. The fourth-order valence-corrected chi connectivity index (χ4v) is 6.19. The minimum atomic E-state index is -2.98. The van der Waals surface area contributed by atoms with E-state index < -0.39 is 78.3 Å². The molecular formula is C32H47F2N7O6. The molecule has 7 atom stereocenters. The van der Waals surface area contributed by atoms with Crippen molar-refractivity contribution >= 4 is 35.3 Å². The average Bonchev–Trinajstić information content (AvgIpc) is 3.62. The molecule has 260 valence electrons. The van der Waals surface area contributed by atoms with Gasteiger partial charge in [-0.3, -0.25) is 33.8 Å². The molecule has 1 aromatic rings. The maximum absolute atomic E-state index is 14.1. The van der Waals surface area contributed by atoms with E-state index in [1.54, 1.807) is 41.5 Å². The molecule has 0 aromatic carbocycles. The van der Waals surface area contributed by atoms with Crippen molar-refractivity contribution < 1.29 is 37.5 Å². The molecule has 5 amide bonds. The van der Waals surface area contributed by atoms with Crippen LogP contribution in [-0.4, -0.2) is 93.4 Å². The summed E-state index contributed by atoms with van der Waals surface area (Å²) >= 11 is 0. The maximum Gasteiger partial charge on any atom is 0.289 e. The van der Waals surface area contributed by atoms with Gasteiger partial charge in [0.15, 0.2) is 0 Å². The number of amides is 5. The Kier molecular flexibility index (Phi) is 13.3. The molecule has 2 fully saturated rings. The standard InChI is InChI=1S/C32H47F2N7O6/c1-7-18(6)37-31(46)27(42)21(13-23(33)34)38-30(45)26-20-10-8-9-19(20)15-41(26)32(47)25(17(4)5)40-29(44)24(16(2)3)39-28(43)22-14-35-11-12-36-22/h11-12,14,16-21,23-26H,7-10,13,15H2,1-6H3,(H,37,46)(H,38,45)(H,39,43)(H,40,44)/t18-,19-,20-,21?,24+,25?,26?/m0/s1. The summed E-state index contributed by atoms with van der Waals surface area (Å²) in [4.78, 5) is 88.8. The Labute approximate surface area is 273 Å². The fraction of sp³-hybridized carbons (Fsp3) is 0.688. The topological polar surface area (TPSA) is 180 Å². The summed E-state index contributed by atoms with van der Waals surface area (Å²) in [5.41, 5.74) is 0.0147. The Bertz CT molecular complexity index is 1300. The predicted octanol–water partition coefficient (Wildman–Crippen LogP) is 1.62. The zero-order valence-corrected chi connectivity index (χ0v) is 27.8. The maximum atomic E-state index is 14.1. The molecule has 1 aliphatic heterocycles. The molecule has 1 saturated heterocycles. The van der Waals surface area contributed by atoms with Crippen LogP contribution in [0.1, 0.15) is 84.1 Å². The second-order valence-corrected chi connectivity index (χ2v) is 13.1. The third-order valence-corrected chi connectivity index (χ3v) is 8.96. The van der Waals surface area contributed by atoms with Crippen LogP contribution < -0.4 is 21.3 Å². The van der Waals surface area contributed by atoms with Crippen molar-refractivity contribution in [3.05, 3.63) is 24.3 Å². The minimum Gasteiger partial charge on any atom is -0.347 e. The van der Waals surface area contributed by atoms with Gasteiger partial charge in [0.25, 0.3) is 11.8 Å². The molecule has 1 aliphatic carbocycles. The first-order valence-electron chi connectivity index (χ1n) is 16.3. The van der Waals surface area contributed by atoms with Crippen LogP contribution in [0.5, 0.6) is 0 Å². The summed E-state index contributed by atoms with van der Waals surface area (Å²) in [5, 5.41) is 10.2. The normalized spacial score (nSPS) is 21.5. The van der Waals surface area contributed by atoms with Gasteiger partial charge < -0.3 is 26.2 Å². The van der Waals surface area contributed by atoms with Crippen LogP contribution in [0.3, 0.4) is 0 Å². The van der Waals surface area contributed by atoms with Crippen molar-refractivity contribution in [2.75, 3.05) is 6.54 Å². The van der Waals surface area contributed by atoms with Crippen molar-refractivity contribution in [1.82, 2.24) is 36.1 Å². The number of likely N-dealkylation sites (tertiary alicyclic amines) is 1. The summed E-state index contributed by atoms with van der Waals surface area (Å²) in [6, 6.07) is -5.37. The number of Topliss-reactive ketones (excluding diaryl/α,β-unsaturated/α-hetero) is 1. The Hall–Kier alpha value is -4.04. The van der Waals surface area contributed by atoms with Gasteiger partial charge in [0.2, 0.25) is 29.9 Å². The number of halogens is 2. The summed E-state index contributed by atoms with van der Waals surface area (Å²) in [6.45, 7) is 10.6. The van der Waals surface area contributed by atoms with Gasteiger partial charge in [0.05, 0.1) is 6.20 Å². The van der Waals surface area contributed by atoms with Gasteiger partial charge in [-0.2, -0.15) is 0 Å². The van der Waals surface area contributed by atoms with Crippen LogP contribution >= 0.6 is 0 Å². The number of nitrogens with one attached hydrogen (secondary N) is 4. The van der Waals surface area contributed by atoms with Gasteiger partial charge in [0.1, 0.15) is 29.9 Å². The summed E-state index contributed by atoms with van der Waals surface area (Å²) < 4.78 is 27.1. The van der Waals surface area contributed by atoms with Crippen LogP contribution in [0.2, 0.25) is 0 Å². The van der Waals surface area contributed by atoms with E-state index in [1.807, 2.05) is 0 Å². The van der Waals surface area contributed by atoms with E-state index >= 15 is 0 Å². The molecule has 0 radical (unpaired) electrons. The second kappa shape index (κ2) is 16.7. The first-order chi connectivity index (χ1) is 22.2. The number of aromatic nitrogens is 2. The number of hydrogen-bond acceptors (Lipinski definition) is 8. The number of ketones is 1. The summed E-state index contributed by atoms with van der Waals surface area (Å²) in [5.74, 6) is -5.95. The van der Waals surface area contributed by atoms with Crippen molar-refractivity contribution in [2.24, 2.45) is 23.7 Å². The van der Waals surface area contributed by atoms with Crippen LogP contribution in [-0.2, 0) is 24.0 Å². The Morgan fingerprint density at radius 1 is 0.915 bits per heavy atom. The van der Waals surface area contributed by atoms with Gasteiger partial charge in [-0.25, -0.2) is 13.8 Å². The summed E-state index contributed by atoms with van der Waals surface area (Å²) in [6.07, 6.45) is 2.64. The van der Waals surface area contributed by atoms with Crippen molar-refractivity contribution in [1.29, 1.82) is 0 Å². The number of fused-ring (bicyclic) bond motifs is 1. The largest absolute Gasteiger partial charge is 0.347 e. The zero-order chi connectivity index (χ0) is 35.0. The van der Waals surface area contributed by atoms with Crippen LogP contribution in [0, 0.1) is 23.7 Å². The Balaban J connectivity index is 1.82. The van der Waals surface area contributed by atoms with Gasteiger partial charge in [-0.05, 0) is 49.9 Å². The van der Waals surface area contributed by atoms with E-state index in [9.17, 15) is 37.5 Å². The third-order valence-electron chi connectivity index (χ3n) is 8.96. The van der Waals surface area contributed by atoms with Gasteiger partial charge in [-0.1, -0.05) is 41.0 Å². The number of carbonyl (C=O) groups excluding carboxylic acids is 6. The molecule has 4 N–H and O–H groups in total. The molecule has 1 aromatic heterocycles. The number of alkyl halides is 2. The number of rotatable bonds is 15. The van der Waals surface area contributed by atoms with Crippen LogP contribution in [0.4, 0.5) is 8.78 Å². The molecule has 3 unspecified atom stereocenters. The average molecular weight is 664 g/mol. The molecule has 0 spiro atoms. The molecular weight excluding hydrogens is 616 g/mol. The minimum absolute atomic E-state index is 0.0147. The monoisotopic (exact) mass is 663 g/mol. The number of nitrogens with zero attached hydrogens (tertiary/aromatic N) is 3. The van der Waals surface area contributed by atoms with Gasteiger partial charge in [-0.15, -0.1) is 0 Å². The summed E-state index contributed by atoms with van der Waals surface area (Å²) in [7, 11) is 0. The fourth-order valence-electron chi connectivity index (χ4n) is 6.19. The van der Waals surface area contributed by atoms with E-state index in [4.69, 9.17) is 0 Å². The molecule has 47 heavy (non-hydrogen) atoms. The quantitative estimate of drug-likeness (QED) is 0.205. The van der Waals surface area contributed by atoms with Gasteiger partial charge in [0, 0.05) is 31.4 Å². The number of hydrogen-bond donors (Lipinski definition) is 4. The highest BCUT2D eigenvalue weighted by atomic mass is 19.3. The molecule has 2 heterocycles. The molecule has 3 rings (SSSR count). The van der Waals surface area contributed by atoms with E-state index in [0.717, 1.165) is 12.8 Å². The molecule has 0 bridgehead atoms. The molecule has 2 aliphatic rings. The van der Waals surface area contributed by atoms with E-state index in [0.29, 0.717) is 12.8 Å². The van der Waals surface area contributed by atoms with Crippen LogP contribution in [0.25, 0.3) is 0 Å². The first-order valence-corrected chi connectivity index (χ1v) is 16.3. The predicted molar refractivity (Wildman–Crippen MR) is 167 cm³/mol. The first kappa shape index (κ1) is 37.4. The van der Waals surface area contributed by atoms with E-state index in [-0.39, 0.29) is 36.0 Å². The lowest BCUT2D eigenvalue weighted by atomic mass is 9.92. The lowest BCUT2D eigenvalue weighted by molar-refractivity contribution is -0.145. The zero-order valence-electron chi connectivity index (χ0n) is 27.8. The van der Waals surface area contributed by atoms with Crippen LogP contribution in [0.15, 0.2) is 18.6 Å². The highest BCUT2D eigenvalue weighted by molar-refractivity contribution is 6.38. The van der Waals surface area contributed by atoms with Crippen molar-refractivity contribution in [3.63, 3.8) is 0 Å². The molecule has 13 nitrogen and oxygen atoms in total.